The third-order valence-electron chi connectivity index (χ3n) is 12.2. The van der Waals surface area contributed by atoms with Gasteiger partial charge in [-0.2, -0.15) is 0 Å². The van der Waals surface area contributed by atoms with Gasteiger partial charge in [-0.05, 0) is 107 Å². The highest BCUT2D eigenvalue weighted by molar-refractivity contribution is 6.30. The molecule has 4 unspecified atom stereocenters. The monoisotopic (exact) mass is 721 g/mol. The predicted octanol–water partition coefficient (Wildman–Crippen LogP) is 7.26. The summed E-state index contributed by atoms with van der Waals surface area (Å²) in [5.74, 6) is -0.326. The third-order valence-corrected chi connectivity index (χ3v) is 12.7. The summed E-state index contributed by atoms with van der Waals surface area (Å²) in [7, 11) is 4.29. The highest BCUT2D eigenvalue weighted by Gasteiger charge is 2.51. The van der Waals surface area contributed by atoms with Crippen molar-refractivity contribution < 1.29 is 19.1 Å². The van der Waals surface area contributed by atoms with E-state index in [1.54, 1.807) is 0 Å². The van der Waals surface area contributed by atoms with Gasteiger partial charge in [0.05, 0.1) is 24.6 Å². The lowest BCUT2D eigenvalue weighted by Gasteiger charge is -2.42. The summed E-state index contributed by atoms with van der Waals surface area (Å²) in [6, 6.07) is 17.3. The summed E-state index contributed by atoms with van der Waals surface area (Å²) >= 11 is 12.3. The van der Waals surface area contributed by atoms with Gasteiger partial charge in [-0.1, -0.05) is 59.1 Å². The minimum Gasteiger partial charge on any atom is -0.465 e. The molecule has 7 rings (SSSR count). The molecule has 4 saturated heterocycles. The molecule has 8 atom stereocenters. The maximum Gasteiger partial charge on any atom is 0.311 e. The van der Waals surface area contributed by atoms with Crippen LogP contribution in [0.15, 0.2) is 54.7 Å². The van der Waals surface area contributed by atoms with Crippen molar-refractivity contribution in [1.29, 1.82) is 0 Å². The van der Waals surface area contributed by atoms with Crippen LogP contribution in [0.25, 0.3) is 0 Å². The molecule has 2 aromatic carbocycles. The zero-order valence-corrected chi connectivity index (χ0v) is 30.6. The van der Waals surface area contributed by atoms with E-state index < -0.39 is 0 Å². The van der Waals surface area contributed by atoms with E-state index in [1.807, 2.05) is 47.3 Å². The highest BCUT2D eigenvalue weighted by Crippen LogP contribution is 2.48. The second-order valence-corrected chi connectivity index (χ2v) is 15.8. The molecular weight excluding hydrogens is 673 g/mol. The molecule has 0 N–H and O–H groups in total. The number of carbonyl (C=O) groups excluding carboxylic acids is 2. The first-order chi connectivity index (χ1) is 24.3. The number of rotatable bonds is 13. The molecule has 0 spiro atoms. The SMILES string of the molecule is CN1C2CCC1[C@@H](C(=O)OCc1cn(CCCCCCOC(=O)[C@H]3C4CCC(C[C@@H]3c3ccc(Cl)cc3)N4C)nn1)[C@@H](c1ccc(Cl)cc1)C2. The van der Waals surface area contributed by atoms with Crippen molar-refractivity contribution in [2.45, 2.75) is 113 Å². The second kappa shape index (κ2) is 15.7. The Morgan fingerprint density at radius 3 is 1.80 bits per heavy atom. The molecule has 0 saturated carbocycles. The lowest BCUT2D eigenvalue weighted by Crippen LogP contribution is -2.49. The molecule has 0 radical (unpaired) electrons. The first kappa shape index (κ1) is 35.4. The number of piperidine rings is 2. The number of aryl methyl sites for hydroxylation is 1. The molecule has 50 heavy (non-hydrogen) atoms. The van der Waals surface area contributed by atoms with Crippen LogP contribution in [0.1, 0.15) is 92.9 Å². The van der Waals surface area contributed by atoms with Gasteiger partial charge in [-0.15, -0.1) is 5.10 Å². The van der Waals surface area contributed by atoms with Gasteiger partial charge in [0.1, 0.15) is 12.3 Å². The summed E-state index contributed by atoms with van der Waals surface area (Å²) in [5.41, 5.74) is 2.99. The lowest BCUT2D eigenvalue weighted by molar-refractivity contribution is -0.155. The molecule has 9 nitrogen and oxygen atoms in total. The molecule has 4 aliphatic heterocycles. The van der Waals surface area contributed by atoms with Crippen LogP contribution in [-0.2, 0) is 32.2 Å². The average molecular weight is 723 g/mol. The summed E-state index contributed by atoms with van der Waals surface area (Å²) in [6.07, 6.45) is 11.8. The second-order valence-electron chi connectivity index (χ2n) is 14.9. The number of esters is 2. The van der Waals surface area contributed by atoms with E-state index in [0.717, 1.165) is 76.3 Å². The minimum absolute atomic E-state index is 0.0681. The number of hydrogen-bond acceptors (Lipinski definition) is 8. The molecule has 4 bridgehead atoms. The molecule has 0 amide bonds. The largest absolute Gasteiger partial charge is 0.465 e. The molecule has 0 aliphatic carbocycles. The van der Waals surface area contributed by atoms with Crippen LogP contribution in [-0.4, -0.2) is 81.6 Å². The van der Waals surface area contributed by atoms with Crippen molar-refractivity contribution in [3.05, 3.63) is 81.6 Å². The van der Waals surface area contributed by atoms with Crippen molar-refractivity contribution >= 4 is 35.1 Å². The minimum atomic E-state index is -0.224. The molecular formula is C39H49Cl2N5O4. The smallest absolute Gasteiger partial charge is 0.311 e. The van der Waals surface area contributed by atoms with Crippen molar-refractivity contribution in [3.8, 4) is 0 Å². The average Bonchev–Trinajstić information content (AvgIpc) is 3.72. The first-order valence-corrected chi connectivity index (χ1v) is 19.2. The molecule has 5 heterocycles. The van der Waals surface area contributed by atoms with Crippen molar-refractivity contribution in [1.82, 2.24) is 24.8 Å². The van der Waals surface area contributed by atoms with Gasteiger partial charge in [0.25, 0.3) is 0 Å². The zero-order chi connectivity index (χ0) is 34.8. The van der Waals surface area contributed by atoms with Crippen LogP contribution >= 0.6 is 23.2 Å². The maximum atomic E-state index is 13.6. The summed E-state index contributed by atoms with van der Waals surface area (Å²) < 4.78 is 13.6. The Hall–Kier alpha value is -2.98. The fourth-order valence-corrected chi connectivity index (χ4v) is 9.69. The normalized spacial score (nSPS) is 29.3. The topological polar surface area (TPSA) is 89.8 Å². The van der Waals surface area contributed by atoms with Crippen molar-refractivity contribution in [2.24, 2.45) is 11.8 Å². The number of nitrogens with zero attached hydrogens (tertiary/aromatic N) is 5. The van der Waals surface area contributed by atoms with Gasteiger partial charge in [0, 0.05) is 52.6 Å². The Bertz CT molecular complexity index is 1620. The molecule has 4 aliphatic rings. The van der Waals surface area contributed by atoms with Crippen molar-refractivity contribution in [2.75, 3.05) is 20.7 Å². The quantitative estimate of drug-likeness (QED) is 0.135. The summed E-state index contributed by atoms with van der Waals surface area (Å²) in [4.78, 5) is 31.8. The van der Waals surface area contributed by atoms with E-state index in [9.17, 15) is 9.59 Å². The van der Waals surface area contributed by atoms with E-state index in [0.29, 0.717) is 34.4 Å². The zero-order valence-electron chi connectivity index (χ0n) is 29.1. The van der Waals surface area contributed by atoms with Gasteiger partial charge in [-0.3, -0.25) is 24.1 Å². The Balaban J connectivity index is 0.835. The lowest BCUT2D eigenvalue weighted by atomic mass is 9.76. The van der Waals surface area contributed by atoms with Crippen molar-refractivity contribution in [3.63, 3.8) is 0 Å². The van der Waals surface area contributed by atoms with E-state index in [2.05, 4.69) is 46.3 Å². The van der Waals surface area contributed by atoms with Gasteiger partial charge >= 0.3 is 11.9 Å². The molecule has 268 valence electrons. The van der Waals surface area contributed by atoms with E-state index >= 15 is 0 Å². The number of unbranched alkanes of at least 4 members (excludes halogenated alkanes) is 3. The van der Waals surface area contributed by atoms with Gasteiger partial charge in [0.15, 0.2) is 0 Å². The maximum absolute atomic E-state index is 13.6. The van der Waals surface area contributed by atoms with E-state index in [1.165, 1.54) is 5.56 Å². The third kappa shape index (κ3) is 7.62. The van der Waals surface area contributed by atoms with Gasteiger partial charge in [0.2, 0.25) is 0 Å². The number of carbonyl (C=O) groups is 2. The van der Waals surface area contributed by atoms with Crippen LogP contribution in [0.5, 0.6) is 0 Å². The fraction of sp³-hybridized carbons (Fsp3) is 0.590. The number of ether oxygens (including phenoxy) is 2. The predicted molar refractivity (Wildman–Crippen MR) is 193 cm³/mol. The number of benzene rings is 2. The van der Waals surface area contributed by atoms with Crippen LogP contribution in [0, 0.1) is 11.8 Å². The van der Waals surface area contributed by atoms with E-state index in [-0.39, 0.29) is 54.3 Å². The Morgan fingerprint density at radius 1 is 0.720 bits per heavy atom. The number of halogens is 2. The Kier molecular flexibility index (Phi) is 11.1. The van der Waals surface area contributed by atoms with E-state index in [4.69, 9.17) is 32.7 Å². The number of hydrogen-bond donors (Lipinski definition) is 0. The standard InChI is InChI=1S/C39H49Cl2N5O4/c1-44-30-15-17-34(44)36(32(21-30)25-7-11-27(40)12-8-25)38(47)49-20-6-4-3-5-19-46-23-29(42-43-46)24-50-39(48)37-33(26-9-13-28(41)14-10-26)22-31-16-18-35(37)45(31)2/h7-14,23,30-37H,3-6,15-22,24H2,1-2H3/t30?,31?,32-,33-,34?,35?,36-,37+/m1/s1. The van der Waals surface area contributed by atoms with Crippen LogP contribution in [0.3, 0.4) is 0 Å². The molecule has 11 heteroatoms. The molecule has 3 aromatic rings. The fourth-order valence-electron chi connectivity index (χ4n) is 9.44. The van der Waals surface area contributed by atoms with Crippen LogP contribution in [0.2, 0.25) is 10.0 Å². The molecule has 1 aromatic heterocycles. The number of fused-ring (bicyclic) bond motifs is 4. The highest BCUT2D eigenvalue weighted by atomic mass is 35.5. The van der Waals surface area contributed by atoms with Gasteiger partial charge < -0.3 is 9.47 Å². The summed E-state index contributed by atoms with van der Waals surface area (Å²) in [5, 5.41) is 9.96. The Labute approximate surface area is 305 Å². The number of aromatic nitrogens is 3. The Morgan fingerprint density at radius 2 is 1.24 bits per heavy atom. The van der Waals surface area contributed by atoms with Crippen LogP contribution in [0.4, 0.5) is 0 Å². The molecule has 4 fully saturated rings. The van der Waals surface area contributed by atoms with Gasteiger partial charge in [-0.25, -0.2) is 0 Å². The van der Waals surface area contributed by atoms with Crippen LogP contribution < -0.4 is 0 Å². The summed E-state index contributed by atoms with van der Waals surface area (Å²) in [6.45, 7) is 1.29. The first-order valence-electron chi connectivity index (χ1n) is 18.4.